The molecule has 1 unspecified atom stereocenters. The zero-order valence-electron chi connectivity index (χ0n) is 13.6. The van der Waals surface area contributed by atoms with Crippen molar-refractivity contribution in [1.82, 2.24) is 0 Å². The lowest BCUT2D eigenvalue weighted by molar-refractivity contribution is 0.0600. The fraction of sp³-hybridized carbons (Fsp3) is 0.500. The largest absolute Gasteiger partial charge is 0.465 e. The van der Waals surface area contributed by atoms with Gasteiger partial charge in [-0.3, -0.25) is 0 Å². The topological polar surface area (TPSA) is 59.3 Å². The van der Waals surface area contributed by atoms with Gasteiger partial charge in [0.15, 0.2) is 14.4 Å². The van der Waals surface area contributed by atoms with Crippen molar-refractivity contribution < 1.29 is 14.0 Å². The Balaban J connectivity index is 2.97. The van der Waals surface area contributed by atoms with Crippen molar-refractivity contribution in [3.05, 3.63) is 35.4 Å². The average Bonchev–Trinajstić information content (AvgIpc) is 2.43. The van der Waals surface area contributed by atoms with Crippen LogP contribution in [0.2, 0.25) is 18.1 Å². The predicted molar refractivity (Wildman–Crippen MR) is 84.4 cm³/mol. The molecule has 0 heterocycles. The van der Waals surface area contributed by atoms with Gasteiger partial charge < -0.3 is 9.16 Å². The minimum Gasteiger partial charge on any atom is -0.465 e. The van der Waals surface area contributed by atoms with E-state index < -0.39 is 14.4 Å². The molecule has 1 aromatic carbocycles. The maximum Gasteiger partial charge on any atom is 0.337 e. The summed E-state index contributed by atoms with van der Waals surface area (Å²) in [6.45, 7) is 10.6. The van der Waals surface area contributed by atoms with E-state index in [1.54, 1.807) is 24.3 Å². The third-order valence-corrected chi connectivity index (χ3v) is 8.41. The minimum atomic E-state index is -2.03. The van der Waals surface area contributed by atoms with Crippen LogP contribution >= 0.6 is 0 Å². The molecule has 0 saturated heterocycles. The van der Waals surface area contributed by atoms with E-state index in [0.29, 0.717) is 5.56 Å². The molecule has 4 nitrogen and oxygen atoms in total. The Labute approximate surface area is 127 Å². The fourth-order valence-electron chi connectivity index (χ4n) is 1.55. The normalized spacial score (nSPS) is 13.4. The molecule has 0 fully saturated rings. The molecule has 1 aromatic rings. The number of hydrogen-bond donors (Lipinski definition) is 0. The third-order valence-electron chi connectivity index (χ3n) is 3.97. The highest BCUT2D eigenvalue weighted by Gasteiger charge is 2.39. The molecule has 114 valence electrons. The van der Waals surface area contributed by atoms with E-state index >= 15 is 0 Å². The molecule has 1 rings (SSSR count). The van der Waals surface area contributed by atoms with Crippen molar-refractivity contribution in [1.29, 1.82) is 5.26 Å². The van der Waals surface area contributed by atoms with E-state index in [9.17, 15) is 10.1 Å². The number of carbonyl (C=O) groups is 1. The summed E-state index contributed by atoms with van der Waals surface area (Å²) in [5.74, 6) is -0.389. The van der Waals surface area contributed by atoms with E-state index in [4.69, 9.17) is 4.43 Å². The lowest BCUT2D eigenvalue weighted by Gasteiger charge is -2.37. The van der Waals surface area contributed by atoms with Crippen LogP contribution in [0.3, 0.4) is 0 Å². The van der Waals surface area contributed by atoms with Crippen LogP contribution in [0, 0.1) is 11.3 Å². The van der Waals surface area contributed by atoms with Crippen LogP contribution < -0.4 is 0 Å². The number of nitrogens with zero attached hydrogens (tertiary/aromatic N) is 1. The van der Waals surface area contributed by atoms with Crippen LogP contribution in [0.1, 0.15) is 42.8 Å². The number of ether oxygens (including phenoxy) is 1. The van der Waals surface area contributed by atoms with Crippen molar-refractivity contribution in [3.8, 4) is 6.07 Å². The molecule has 0 aliphatic carbocycles. The zero-order chi connectivity index (χ0) is 16.3. The molecule has 0 amide bonds. The lowest BCUT2D eigenvalue weighted by Crippen LogP contribution is -2.41. The summed E-state index contributed by atoms with van der Waals surface area (Å²) in [6, 6.07) is 9.00. The van der Waals surface area contributed by atoms with Crippen LogP contribution in [0.5, 0.6) is 0 Å². The van der Waals surface area contributed by atoms with Gasteiger partial charge in [0.1, 0.15) is 0 Å². The molecular weight excluding hydrogens is 282 g/mol. The summed E-state index contributed by atoms with van der Waals surface area (Å²) in [6.07, 6.45) is -0.613. The molecule has 0 saturated carbocycles. The summed E-state index contributed by atoms with van der Waals surface area (Å²) in [4.78, 5) is 11.4. The Hall–Kier alpha value is -1.64. The van der Waals surface area contributed by atoms with E-state index in [2.05, 4.69) is 44.7 Å². The molecule has 0 bridgehead atoms. The number of benzene rings is 1. The van der Waals surface area contributed by atoms with Gasteiger partial charge >= 0.3 is 5.97 Å². The maximum absolute atomic E-state index is 11.4. The lowest BCUT2D eigenvalue weighted by atomic mass is 10.1. The van der Waals surface area contributed by atoms with Gasteiger partial charge in [0, 0.05) is 0 Å². The standard InChI is InChI=1S/C16H23NO3Si/c1-16(2,3)21(5,6)20-14(11-17)12-7-9-13(10-8-12)15(18)19-4/h7-10,14H,1-6H3. The van der Waals surface area contributed by atoms with Gasteiger partial charge in [-0.15, -0.1) is 0 Å². The Kier molecular flexibility index (Phi) is 5.32. The first-order valence-electron chi connectivity index (χ1n) is 6.88. The molecule has 0 aromatic heterocycles. The molecule has 0 spiro atoms. The van der Waals surface area contributed by atoms with Crippen molar-refractivity contribution >= 4 is 14.3 Å². The summed E-state index contributed by atoms with van der Waals surface area (Å²) < 4.78 is 10.8. The second kappa shape index (κ2) is 6.42. The van der Waals surface area contributed by atoms with Crippen LogP contribution in [0.25, 0.3) is 0 Å². The quantitative estimate of drug-likeness (QED) is 0.621. The molecule has 0 N–H and O–H groups in total. The number of nitriles is 1. The Morgan fingerprint density at radius 1 is 1.24 bits per heavy atom. The molecule has 0 aliphatic heterocycles. The highest BCUT2D eigenvalue weighted by atomic mass is 28.4. The number of hydrogen-bond acceptors (Lipinski definition) is 4. The van der Waals surface area contributed by atoms with E-state index in [0.717, 1.165) is 5.56 Å². The Morgan fingerprint density at radius 2 is 1.76 bits per heavy atom. The van der Waals surface area contributed by atoms with Crippen molar-refractivity contribution in [2.24, 2.45) is 0 Å². The van der Waals surface area contributed by atoms with Gasteiger partial charge in [0.25, 0.3) is 0 Å². The Bertz CT molecular complexity index is 538. The number of carbonyl (C=O) groups excluding carboxylic acids is 1. The first kappa shape index (κ1) is 17.4. The smallest absolute Gasteiger partial charge is 0.337 e. The van der Waals surface area contributed by atoms with Gasteiger partial charge in [-0.05, 0) is 35.8 Å². The third kappa shape index (κ3) is 4.16. The number of rotatable bonds is 4. The molecule has 0 aliphatic rings. The molecule has 5 heteroatoms. The predicted octanol–water partition coefficient (Wildman–Crippen LogP) is 4.06. The average molecular weight is 305 g/mol. The van der Waals surface area contributed by atoms with Gasteiger partial charge in [0.2, 0.25) is 0 Å². The van der Waals surface area contributed by atoms with E-state index in [1.807, 2.05) is 0 Å². The number of esters is 1. The van der Waals surface area contributed by atoms with Gasteiger partial charge in [-0.25, -0.2) is 4.79 Å². The molecular formula is C16H23NO3Si. The maximum atomic E-state index is 11.4. The highest BCUT2D eigenvalue weighted by molar-refractivity contribution is 6.74. The Morgan fingerprint density at radius 3 is 2.14 bits per heavy atom. The summed E-state index contributed by atoms with van der Waals surface area (Å²) in [5, 5.41) is 9.42. The van der Waals surface area contributed by atoms with E-state index in [-0.39, 0.29) is 11.0 Å². The van der Waals surface area contributed by atoms with Crippen LogP contribution in [0.4, 0.5) is 0 Å². The van der Waals surface area contributed by atoms with Crippen LogP contribution in [-0.4, -0.2) is 21.4 Å². The van der Waals surface area contributed by atoms with Gasteiger partial charge in [-0.2, -0.15) is 5.26 Å². The van der Waals surface area contributed by atoms with Crippen molar-refractivity contribution in [3.63, 3.8) is 0 Å². The minimum absolute atomic E-state index is 0.0358. The van der Waals surface area contributed by atoms with Crippen molar-refractivity contribution in [2.75, 3.05) is 7.11 Å². The monoisotopic (exact) mass is 305 g/mol. The first-order valence-corrected chi connectivity index (χ1v) is 9.79. The second-order valence-electron chi connectivity index (χ2n) is 6.50. The zero-order valence-corrected chi connectivity index (χ0v) is 14.6. The van der Waals surface area contributed by atoms with E-state index in [1.165, 1.54) is 7.11 Å². The fourth-order valence-corrected chi connectivity index (χ4v) is 2.68. The van der Waals surface area contributed by atoms with Gasteiger partial charge in [0.05, 0.1) is 18.7 Å². The number of methoxy groups -OCH3 is 1. The molecule has 0 radical (unpaired) electrons. The highest BCUT2D eigenvalue weighted by Crippen LogP contribution is 2.39. The van der Waals surface area contributed by atoms with Crippen molar-refractivity contribution in [2.45, 2.75) is 45.0 Å². The summed E-state index contributed by atoms with van der Waals surface area (Å²) in [7, 11) is -0.686. The molecule has 1 atom stereocenters. The SMILES string of the molecule is COC(=O)c1ccc(C(C#N)O[Si](C)(C)C(C)(C)C)cc1. The van der Waals surface area contributed by atoms with Crippen LogP contribution in [0.15, 0.2) is 24.3 Å². The van der Waals surface area contributed by atoms with Gasteiger partial charge in [-0.1, -0.05) is 32.9 Å². The first-order chi connectivity index (χ1) is 9.62. The summed E-state index contributed by atoms with van der Waals surface area (Å²) >= 11 is 0. The second-order valence-corrected chi connectivity index (χ2v) is 11.3. The summed E-state index contributed by atoms with van der Waals surface area (Å²) in [5.41, 5.74) is 1.22. The van der Waals surface area contributed by atoms with Crippen LogP contribution in [-0.2, 0) is 9.16 Å². The molecule has 21 heavy (non-hydrogen) atoms.